The molecule has 3 bridgehead atoms. The van der Waals surface area contributed by atoms with Crippen LogP contribution in [0.25, 0.3) is 0 Å². The van der Waals surface area contributed by atoms with Gasteiger partial charge in [-0.05, 0) is 43.4 Å². The fourth-order valence-electron chi connectivity index (χ4n) is 3.69. The third-order valence-electron chi connectivity index (χ3n) is 4.00. The molecule has 4 atom stereocenters. The topological polar surface area (TPSA) is 17.1 Å². The second-order valence-electron chi connectivity index (χ2n) is 4.71. The van der Waals surface area contributed by atoms with E-state index in [0.717, 1.165) is 24.2 Å². The Labute approximate surface area is 67.2 Å². The van der Waals surface area contributed by atoms with E-state index in [1.807, 2.05) is 0 Å². The van der Waals surface area contributed by atoms with Crippen molar-refractivity contribution in [1.82, 2.24) is 0 Å². The highest BCUT2D eigenvalue weighted by molar-refractivity contribution is 5.83. The number of hydrogen-bond donors (Lipinski definition) is 0. The van der Waals surface area contributed by atoms with Gasteiger partial charge in [0.05, 0.1) is 0 Å². The number of fused-ring (bicyclic) bond motifs is 2. The number of hydrogen-bond acceptors (Lipinski definition) is 1. The van der Waals surface area contributed by atoms with E-state index in [4.69, 9.17) is 0 Å². The predicted octanol–water partition coefficient (Wildman–Crippen LogP) is 2.01. The molecule has 1 nitrogen and oxygen atoms in total. The Morgan fingerprint density at radius 3 is 2.73 bits per heavy atom. The van der Waals surface area contributed by atoms with Crippen LogP contribution in [0, 0.1) is 23.7 Å². The van der Waals surface area contributed by atoms with Crippen LogP contribution in [0.2, 0.25) is 0 Å². The van der Waals surface area contributed by atoms with E-state index in [0.29, 0.717) is 11.7 Å². The smallest absolute Gasteiger partial charge is 0.136 e. The van der Waals surface area contributed by atoms with Crippen LogP contribution >= 0.6 is 0 Å². The summed E-state index contributed by atoms with van der Waals surface area (Å²) in [4.78, 5) is 11.5. The van der Waals surface area contributed by atoms with Crippen molar-refractivity contribution in [2.45, 2.75) is 32.1 Å². The summed E-state index contributed by atoms with van der Waals surface area (Å²) in [6.45, 7) is 0. The van der Waals surface area contributed by atoms with E-state index in [1.54, 1.807) is 0 Å². The van der Waals surface area contributed by atoms with Crippen LogP contribution in [-0.4, -0.2) is 5.78 Å². The van der Waals surface area contributed by atoms with Crippen LogP contribution in [0.15, 0.2) is 0 Å². The summed E-state index contributed by atoms with van der Waals surface area (Å²) in [6.07, 6.45) is 6.32. The molecule has 0 aromatic carbocycles. The minimum atomic E-state index is 0.513. The molecule has 3 fully saturated rings. The summed E-state index contributed by atoms with van der Waals surface area (Å²) in [5.74, 6) is 3.67. The van der Waals surface area contributed by atoms with Crippen LogP contribution in [0.1, 0.15) is 32.1 Å². The molecule has 0 unspecified atom stereocenters. The average Bonchev–Trinajstić information content (AvgIpc) is 2.19. The summed E-state index contributed by atoms with van der Waals surface area (Å²) in [7, 11) is 0. The normalized spacial score (nSPS) is 53.6. The van der Waals surface area contributed by atoms with Gasteiger partial charge in [-0.1, -0.05) is 0 Å². The molecule has 3 rings (SSSR count). The highest BCUT2D eigenvalue weighted by Gasteiger charge is 2.48. The molecule has 60 valence electrons. The molecule has 0 heterocycles. The third-order valence-corrected chi connectivity index (χ3v) is 4.00. The Bertz CT molecular complexity index is 207. The van der Waals surface area contributed by atoms with Crippen molar-refractivity contribution in [1.29, 1.82) is 0 Å². The van der Waals surface area contributed by atoms with Gasteiger partial charge >= 0.3 is 0 Å². The number of rotatable bonds is 0. The highest BCUT2D eigenvalue weighted by Crippen LogP contribution is 2.53. The monoisotopic (exact) mass is 150 g/mol. The number of carbonyl (C=O) groups excluding carboxylic acids is 1. The van der Waals surface area contributed by atoms with E-state index in [9.17, 15) is 4.79 Å². The van der Waals surface area contributed by atoms with Crippen LogP contribution in [0.4, 0.5) is 0 Å². The van der Waals surface area contributed by atoms with Crippen molar-refractivity contribution in [2.24, 2.45) is 23.7 Å². The van der Waals surface area contributed by atoms with E-state index >= 15 is 0 Å². The fourth-order valence-corrected chi connectivity index (χ4v) is 3.69. The summed E-state index contributed by atoms with van der Waals surface area (Å²) in [5, 5.41) is 0. The zero-order valence-corrected chi connectivity index (χ0v) is 6.75. The van der Waals surface area contributed by atoms with Gasteiger partial charge in [0.15, 0.2) is 0 Å². The summed E-state index contributed by atoms with van der Waals surface area (Å²) in [6, 6.07) is 0. The van der Waals surface area contributed by atoms with Gasteiger partial charge in [0.1, 0.15) is 5.78 Å². The lowest BCUT2D eigenvalue weighted by Gasteiger charge is -2.32. The van der Waals surface area contributed by atoms with Gasteiger partial charge in [0, 0.05) is 12.3 Å². The first-order valence-electron chi connectivity index (χ1n) is 4.85. The van der Waals surface area contributed by atoms with Crippen molar-refractivity contribution in [3.63, 3.8) is 0 Å². The van der Waals surface area contributed by atoms with Gasteiger partial charge in [0.2, 0.25) is 0 Å². The van der Waals surface area contributed by atoms with Crippen LogP contribution in [0.3, 0.4) is 0 Å². The average molecular weight is 150 g/mol. The Kier molecular flexibility index (Phi) is 1.06. The van der Waals surface area contributed by atoms with E-state index in [2.05, 4.69) is 0 Å². The molecule has 0 saturated heterocycles. The van der Waals surface area contributed by atoms with Gasteiger partial charge in [0.25, 0.3) is 0 Å². The van der Waals surface area contributed by atoms with Crippen molar-refractivity contribution in [3.05, 3.63) is 0 Å². The van der Waals surface area contributed by atoms with E-state index < -0.39 is 0 Å². The maximum absolute atomic E-state index is 11.5. The van der Waals surface area contributed by atoms with Crippen LogP contribution in [0.5, 0.6) is 0 Å². The maximum atomic E-state index is 11.5. The molecule has 3 aliphatic carbocycles. The Hall–Kier alpha value is -0.330. The van der Waals surface area contributed by atoms with Crippen LogP contribution < -0.4 is 0 Å². The second-order valence-corrected chi connectivity index (χ2v) is 4.71. The minimum Gasteiger partial charge on any atom is -0.299 e. The fraction of sp³-hybridized carbons (Fsp3) is 0.900. The lowest BCUT2D eigenvalue weighted by molar-refractivity contribution is -0.127. The molecule has 0 amide bonds. The molecule has 3 aliphatic rings. The molecule has 3 saturated carbocycles. The molecule has 0 aromatic rings. The summed E-state index contributed by atoms with van der Waals surface area (Å²) >= 11 is 0. The first kappa shape index (κ1) is 6.22. The van der Waals surface area contributed by atoms with Gasteiger partial charge in [-0.3, -0.25) is 4.79 Å². The van der Waals surface area contributed by atoms with E-state index in [1.165, 1.54) is 25.7 Å². The first-order chi connectivity index (χ1) is 5.33. The maximum Gasteiger partial charge on any atom is 0.136 e. The lowest BCUT2D eigenvalue weighted by Crippen LogP contribution is -2.30. The predicted molar refractivity (Wildman–Crippen MR) is 42.1 cm³/mol. The van der Waals surface area contributed by atoms with Crippen molar-refractivity contribution in [3.8, 4) is 0 Å². The molecule has 0 aliphatic heterocycles. The molecule has 0 radical (unpaired) electrons. The quantitative estimate of drug-likeness (QED) is 0.516. The first-order valence-corrected chi connectivity index (χ1v) is 4.85. The molecule has 1 heteroatoms. The zero-order chi connectivity index (χ0) is 7.42. The molecule has 0 N–H and O–H groups in total. The molecule has 0 spiro atoms. The number of ketones is 1. The number of carbonyl (C=O) groups is 1. The van der Waals surface area contributed by atoms with Crippen molar-refractivity contribution < 1.29 is 4.79 Å². The summed E-state index contributed by atoms with van der Waals surface area (Å²) in [5.41, 5.74) is 0. The Balaban J connectivity index is 2.00. The molecule has 11 heavy (non-hydrogen) atoms. The van der Waals surface area contributed by atoms with Crippen molar-refractivity contribution in [2.75, 3.05) is 0 Å². The molecular weight excluding hydrogens is 136 g/mol. The zero-order valence-electron chi connectivity index (χ0n) is 6.75. The minimum absolute atomic E-state index is 0.513. The van der Waals surface area contributed by atoms with Gasteiger partial charge < -0.3 is 0 Å². The standard InChI is InChI=1S/C10H14O/c11-10-5-7-1-6-2-8(3-7)9(10)4-6/h6-9H,1-5H2/t6-,7+,8+,9+/m0/s1. The Morgan fingerprint density at radius 2 is 1.82 bits per heavy atom. The molecule has 0 aromatic heterocycles. The molecular formula is C10H14O. The van der Waals surface area contributed by atoms with Gasteiger partial charge in [-0.25, -0.2) is 0 Å². The largest absolute Gasteiger partial charge is 0.299 e. The SMILES string of the molecule is O=C1C[C@@H]2C[C@H]3C[C@H](C2)[C@H]1C3. The van der Waals surface area contributed by atoms with Gasteiger partial charge in [-0.15, -0.1) is 0 Å². The third kappa shape index (κ3) is 0.743. The van der Waals surface area contributed by atoms with E-state index in [-0.39, 0.29) is 0 Å². The highest BCUT2D eigenvalue weighted by atomic mass is 16.1. The van der Waals surface area contributed by atoms with Crippen LogP contribution in [-0.2, 0) is 4.79 Å². The summed E-state index contributed by atoms with van der Waals surface area (Å²) < 4.78 is 0. The lowest BCUT2D eigenvalue weighted by atomic mass is 9.72. The van der Waals surface area contributed by atoms with Crippen molar-refractivity contribution >= 4 is 5.78 Å². The van der Waals surface area contributed by atoms with Gasteiger partial charge in [-0.2, -0.15) is 0 Å². The number of Topliss-reactive ketones (excluding diaryl/α,β-unsaturated/α-hetero) is 1. The Morgan fingerprint density at radius 1 is 1.00 bits per heavy atom. The second kappa shape index (κ2) is 1.88.